The summed E-state index contributed by atoms with van der Waals surface area (Å²) in [4.78, 5) is 16.7. The summed E-state index contributed by atoms with van der Waals surface area (Å²) < 4.78 is 0.985. The second-order valence-corrected chi connectivity index (χ2v) is 8.13. The molecule has 3 rings (SSSR count). The van der Waals surface area contributed by atoms with E-state index >= 15 is 0 Å². The molecule has 0 radical (unpaired) electrons. The van der Waals surface area contributed by atoms with Crippen molar-refractivity contribution in [3.63, 3.8) is 0 Å². The second-order valence-electron chi connectivity index (χ2n) is 5.46. The van der Waals surface area contributed by atoms with Gasteiger partial charge in [0.1, 0.15) is 0 Å². The van der Waals surface area contributed by atoms with E-state index in [1.165, 1.54) is 16.3 Å². The second kappa shape index (κ2) is 6.72. The Hall–Kier alpha value is -1.85. The number of nitrogens with two attached hydrogens (primary N) is 1. The predicted octanol–water partition coefficient (Wildman–Crippen LogP) is 4.49. The SMILES string of the molecule is Cc1nc(S[C@H](C)c2cccc3ccccc23)sc1CC(N)=O. The van der Waals surface area contributed by atoms with Gasteiger partial charge in [-0.15, -0.1) is 11.3 Å². The normalized spacial score (nSPS) is 12.4. The van der Waals surface area contributed by atoms with E-state index in [0.717, 1.165) is 14.9 Å². The van der Waals surface area contributed by atoms with Crippen LogP contribution in [0.25, 0.3) is 10.8 Å². The minimum atomic E-state index is -0.310. The summed E-state index contributed by atoms with van der Waals surface area (Å²) in [6.07, 6.45) is 0.271. The molecule has 0 aliphatic carbocycles. The van der Waals surface area contributed by atoms with Gasteiger partial charge in [-0.1, -0.05) is 54.2 Å². The smallest absolute Gasteiger partial charge is 0.222 e. The Bertz CT molecular complexity index is 852. The molecule has 3 nitrogen and oxygen atoms in total. The molecule has 0 saturated carbocycles. The minimum Gasteiger partial charge on any atom is -0.369 e. The Morgan fingerprint density at radius 3 is 2.78 bits per heavy atom. The zero-order valence-corrected chi connectivity index (χ0v) is 14.7. The van der Waals surface area contributed by atoms with Gasteiger partial charge in [0.25, 0.3) is 0 Å². The van der Waals surface area contributed by atoms with E-state index in [-0.39, 0.29) is 17.6 Å². The maximum atomic E-state index is 11.1. The average molecular weight is 342 g/mol. The number of hydrogen-bond donors (Lipinski definition) is 1. The van der Waals surface area contributed by atoms with Crippen LogP contribution in [0.1, 0.15) is 28.3 Å². The van der Waals surface area contributed by atoms with Crippen molar-refractivity contribution in [2.75, 3.05) is 0 Å². The number of fused-ring (bicyclic) bond motifs is 1. The first kappa shape index (κ1) is 16.0. The topological polar surface area (TPSA) is 56.0 Å². The van der Waals surface area contributed by atoms with Gasteiger partial charge in [0.05, 0.1) is 12.1 Å². The van der Waals surface area contributed by atoms with Crippen molar-refractivity contribution in [3.8, 4) is 0 Å². The van der Waals surface area contributed by atoms with Crippen LogP contribution in [0.3, 0.4) is 0 Å². The molecule has 0 bridgehead atoms. The molecule has 0 aliphatic rings. The summed E-state index contributed by atoms with van der Waals surface area (Å²) in [7, 11) is 0. The van der Waals surface area contributed by atoms with Crippen molar-refractivity contribution in [3.05, 3.63) is 58.6 Å². The Morgan fingerprint density at radius 2 is 2.00 bits per heavy atom. The van der Waals surface area contributed by atoms with Gasteiger partial charge in [-0.3, -0.25) is 4.79 Å². The van der Waals surface area contributed by atoms with Crippen molar-refractivity contribution in [2.24, 2.45) is 5.73 Å². The van der Waals surface area contributed by atoms with Crippen molar-refractivity contribution in [1.29, 1.82) is 0 Å². The third kappa shape index (κ3) is 3.57. The summed E-state index contributed by atoms with van der Waals surface area (Å²) in [6.45, 7) is 4.12. The van der Waals surface area contributed by atoms with Crippen molar-refractivity contribution >= 4 is 39.8 Å². The van der Waals surface area contributed by atoms with E-state index < -0.39 is 0 Å². The molecular weight excluding hydrogens is 324 g/mol. The number of benzene rings is 2. The molecule has 1 amide bonds. The number of nitrogens with zero attached hydrogens (tertiary/aromatic N) is 1. The Morgan fingerprint density at radius 1 is 1.26 bits per heavy atom. The highest BCUT2D eigenvalue weighted by atomic mass is 32.2. The van der Waals surface area contributed by atoms with Crippen LogP contribution in [-0.2, 0) is 11.2 Å². The highest BCUT2D eigenvalue weighted by Crippen LogP contribution is 2.40. The lowest BCUT2D eigenvalue weighted by Gasteiger charge is -2.12. The number of amides is 1. The molecule has 3 aromatic rings. The quantitative estimate of drug-likeness (QED) is 0.695. The van der Waals surface area contributed by atoms with Gasteiger partial charge in [-0.25, -0.2) is 4.98 Å². The Balaban J connectivity index is 1.86. The number of rotatable bonds is 5. The predicted molar refractivity (Wildman–Crippen MR) is 98.0 cm³/mol. The largest absolute Gasteiger partial charge is 0.369 e. The third-order valence-corrected chi connectivity index (χ3v) is 6.14. The molecule has 0 saturated heterocycles. The number of aryl methyl sites for hydroxylation is 1. The molecule has 0 unspecified atom stereocenters. The van der Waals surface area contributed by atoms with Crippen molar-refractivity contribution in [1.82, 2.24) is 4.98 Å². The van der Waals surface area contributed by atoms with Crippen LogP contribution < -0.4 is 5.73 Å². The van der Waals surface area contributed by atoms with E-state index in [4.69, 9.17) is 5.73 Å². The summed E-state index contributed by atoms with van der Waals surface area (Å²) in [5.74, 6) is -0.310. The van der Waals surface area contributed by atoms with Crippen LogP contribution in [0.5, 0.6) is 0 Å². The molecule has 1 aromatic heterocycles. The van der Waals surface area contributed by atoms with Crippen LogP contribution in [0.4, 0.5) is 0 Å². The fourth-order valence-electron chi connectivity index (χ4n) is 2.59. The van der Waals surface area contributed by atoms with Crippen LogP contribution in [0, 0.1) is 6.92 Å². The number of carbonyl (C=O) groups is 1. The van der Waals surface area contributed by atoms with Gasteiger partial charge in [0.2, 0.25) is 5.91 Å². The number of aromatic nitrogens is 1. The highest BCUT2D eigenvalue weighted by Gasteiger charge is 2.15. The number of carbonyl (C=O) groups excluding carboxylic acids is 1. The van der Waals surface area contributed by atoms with Gasteiger partial charge < -0.3 is 5.73 Å². The lowest BCUT2D eigenvalue weighted by Crippen LogP contribution is -2.13. The average Bonchev–Trinajstić information content (AvgIpc) is 2.85. The van der Waals surface area contributed by atoms with Crippen LogP contribution in [-0.4, -0.2) is 10.9 Å². The molecular formula is C18H18N2OS2. The maximum absolute atomic E-state index is 11.1. The van der Waals surface area contributed by atoms with E-state index in [9.17, 15) is 4.79 Å². The van der Waals surface area contributed by atoms with Crippen LogP contribution >= 0.6 is 23.1 Å². The first-order chi connectivity index (χ1) is 11.0. The molecule has 0 fully saturated rings. The van der Waals surface area contributed by atoms with E-state index in [0.29, 0.717) is 0 Å². The Labute approximate surface area is 143 Å². The summed E-state index contributed by atoms with van der Waals surface area (Å²) >= 11 is 3.30. The lowest BCUT2D eigenvalue weighted by molar-refractivity contribution is -0.117. The zero-order chi connectivity index (χ0) is 16.4. The molecule has 1 atom stereocenters. The van der Waals surface area contributed by atoms with Crippen LogP contribution in [0.15, 0.2) is 46.8 Å². The van der Waals surface area contributed by atoms with Crippen LogP contribution in [0.2, 0.25) is 0 Å². The van der Waals surface area contributed by atoms with Gasteiger partial charge in [0, 0.05) is 10.1 Å². The molecule has 2 N–H and O–H groups in total. The third-order valence-electron chi connectivity index (χ3n) is 3.75. The highest BCUT2D eigenvalue weighted by molar-refractivity contribution is 8.01. The standard InChI is InChI=1S/C18H18N2OS2/c1-11-16(10-17(19)21)23-18(20-11)22-12(2)14-9-5-7-13-6-3-4-8-15(13)14/h3-9,12H,10H2,1-2H3,(H2,19,21)/t12-/m1/s1. The minimum absolute atomic E-state index is 0.271. The van der Waals surface area contributed by atoms with Gasteiger partial charge >= 0.3 is 0 Å². The van der Waals surface area contributed by atoms with Gasteiger partial charge in [-0.05, 0) is 30.2 Å². The molecule has 0 spiro atoms. The summed E-state index contributed by atoms with van der Waals surface area (Å²) in [6, 6.07) is 14.8. The summed E-state index contributed by atoms with van der Waals surface area (Å²) in [5.41, 5.74) is 7.50. The van der Waals surface area contributed by atoms with Crippen molar-refractivity contribution in [2.45, 2.75) is 29.9 Å². The fraction of sp³-hybridized carbons (Fsp3) is 0.222. The van der Waals surface area contributed by atoms with Gasteiger partial charge in [0.15, 0.2) is 4.34 Å². The first-order valence-electron chi connectivity index (χ1n) is 7.43. The first-order valence-corrected chi connectivity index (χ1v) is 9.13. The molecule has 5 heteroatoms. The summed E-state index contributed by atoms with van der Waals surface area (Å²) in [5, 5.41) is 2.82. The monoisotopic (exact) mass is 342 g/mol. The number of primary amides is 1. The van der Waals surface area contributed by atoms with E-state index in [1.54, 1.807) is 23.1 Å². The zero-order valence-electron chi connectivity index (χ0n) is 13.1. The van der Waals surface area contributed by atoms with E-state index in [2.05, 4.69) is 54.4 Å². The molecule has 118 valence electrons. The molecule has 1 heterocycles. The fourth-order valence-corrected chi connectivity index (χ4v) is 5.15. The Kier molecular flexibility index (Phi) is 4.68. The van der Waals surface area contributed by atoms with E-state index in [1.807, 2.05) is 6.92 Å². The molecule has 23 heavy (non-hydrogen) atoms. The van der Waals surface area contributed by atoms with Crippen molar-refractivity contribution < 1.29 is 4.79 Å². The van der Waals surface area contributed by atoms with Gasteiger partial charge in [-0.2, -0.15) is 0 Å². The number of thioether (sulfide) groups is 1. The number of thiazole rings is 1. The maximum Gasteiger partial charge on any atom is 0.222 e. The molecule has 2 aromatic carbocycles. The lowest BCUT2D eigenvalue weighted by atomic mass is 10.0. The molecule has 0 aliphatic heterocycles. The number of hydrogen-bond acceptors (Lipinski definition) is 4.